The molecule has 2 aromatic carbocycles. The van der Waals surface area contributed by atoms with E-state index in [-0.39, 0.29) is 5.78 Å². The van der Waals surface area contributed by atoms with E-state index in [4.69, 9.17) is 14.6 Å². The molecule has 1 aromatic heterocycles. The maximum Gasteiger partial charge on any atom is 0.227 e. The van der Waals surface area contributed by atoms with Gasteiger partial charge in [0.25, 0.3) is 0 Å². The van der Waals surface area contributed by atoms with Crippen LogP contribution in [0, 0.1) is 0 Å². The van der Waals surface area contributed by atoms with Crippen molar-refractivity contribution in [2.24, 2.45) is 0 Å². The van der Waals surface area contributed by atoms with Gasteiger partial charge in [0, 0.05) is 21.5 Å². The first kappa shape index (κ1) is 25.3. The van der Waals surface area contributed by atoms with Crippen molar-refractivity contribution in [3.8, 4) is 11.5 Å². The van der Waals surface area contributed by atoms with Gasteiger partial charge in [0.05, 0.1) is 6.61 Å². The molecular formula is C26H29BrN4O3S. The number of Topliss-reactive ketones (excluding diaryl/α,β-unsaturated/α-hetero) is 1. The van der Waals surface area contributed by atoms with Crippen LogP contribution in [0.4, 0.5) is 5.95 Å². The summed E-state index contributed by atoms with van der Waals surface area (Å²) in [4.78, 5) is 17.4. The molecule has 1 aliphatic heterocycles. The molecule has 7 nitrogen and oxygen atoms in total. The molecule has 35 heavy (non-hydrogen) atoms. The Balaban J connectivity index is 1.69. The third-order valence-electron chi connectivity index (χ3n) is 5.54. The minimum atomic E-state index is -0.410. The molecule has 1 aliphatic rings. The summed E-state index contributed by atoms with van der Waals surface area (Å²) >= 11 is 5.06. The topological polar surface area (TPSA) is 78.3 Å². The van der Waals surface area contributed by atoms with Crippen LogP contribution >= 0.6 is 27.7 Å². The third kappa shape index (κ3) is 5.73. The monoisotopic (exact) mass is 556 g/mol. The number of fused-ring (bicyclic) bond motifs is 1. The number of hydrogen-bond acceptors (Lipinski definition) is 7. The molecule has 1 N–H and O–H groups in total. The van der Waals surface area contributed by atoms with Crippen molar-refractivity contribution in [2.75, 3.05) is 17.7 Å². The van der Waals surface area contributed by atoms with E-state index in [0.29, 0.717) is 41.4 Å². The van der Waals surface area contributed by atoms with Crippen LogP contribution in [-0.4, -0.2) is 32.9 Å². The zero-order valence-corrected chi connectivity index (χ0v) is 22.7. The van der Waals surface area contributed by atoms with Crippen LogP contribution < -0.4 is 14.8 Å². The predicted molar refractivity (Wildman–Crippen MR) is 142 cm³/mol. The molecule has 0 aliphatic carbocycles. The highest BCUT2D eigenvalue weighted by atomic mass is 79.9. The van der Waals surface area contributed by atoms with E-state index in [1.165, 1.54) is 0 Å². The van der Waals surface area contributed by atoms with E-state index in [2.05, 4.69) is 33.2 Å². The largest absolute Gasteiger partial charge is 0.490 e. The van der Waals surface area contributed by atoms with Crippen molar-refractivity contribution < 1.29 is 14.3 Å². The van der Waals surface area contributed by atoms with E-state index in [9.17, 15) is 4.79 Å². The number of ketones is 1. The highest BCUT2D eigenvalue weighted by molar-refractivity contribution is 9.10. The van der Waals surface area contributed by atoms with Crippen molar-refractivity contribution in [2.45, 2.75) is 51.9 Å². The number of thioether (sulfide) groups is 1. The number of rotatable bonds is 10. The van der Waals surface area contributed by atoms with Gasteiger partial charge in [-0.1, -0.05) is 52.8 Å². The van der Waals surface area contributed by atoms with Crippen molar-refractivity contribution in [1.29, 1.82) is 0 Å². The molecule has 0 fully saturated rings. The molecule has 0 spiro atoms. The van der Waals surface area contributed by atoms with Gasteiger partial charge < -0.3 is 14.8 Å². The maximum atomic E-state index is 12.7. The number of aromatic nitrogens is 3. The Morgan fingerprint density at radius 2 is 1.91 bits per heavy atom. The predicted octanol–water partition coefficient (Wildman–Crippen LogP) is 6.40. The number of nitrogens with zero attached hydrogens (tertiary/aromatic N) is 3. The standard InChI is InChI=1S/C26H29BrN4O3S/c1-5-13-35-26-29-25-28-16(3)23(17(4)32)24(31(25)30-26)19-9-12-21(22(14-19)33-6-2)34-15-18-7-10-20(27)11-8-18/h7-12,14,24H,5-6,13,15H2,1-4H3,(H,28,29,30). The van der Waals surface area contributed by atoms with Crippen molar-refractivity contribution in [1.82, 2.24) is 14.8 Å². The van der Waals surface area contributed by atoms with E-state index in [0.717, 1.165) is 33.5 Å². The fraction of sp³-hybridized carbons (Fsp3) is 0.346. The number of carbonyl (C=O) groups excluding carboxylic acids is 1. The number of nitrogens with one attached hydrogen (secondary N) is 1. The van der Waals surface area contributed by atoms with Crippen molar-refractivity contribution >= 4 is 39.4 Å². The highest BCUT2D eigenvalue weighted by Crippen LogP contribution is 2.40. The summed E-state index contributed by atoms with van der Waals surface area (Å²) < 4.78 is 14.9. The maximum absolute atomic E-state index is 12.7. The van der Waals surface area contributed by atoms with E-state index < -0.39 is 6.04 Å². The minimum Gasteiger partial charge on any atom is -0.490 e. The van der Waals surface area contributed by atoms with Gasteiger partial charge in [-0.3, -0.25) is 4.79 Å². The van der Waals surface area contributed by atoms with Gasteiger partial charge in [-0.25, -0.2) is 4.68 Å². The smallest absolute Gasteiger partial charge is 0.227 e. The summed E-state index contributed by atoms with van der Waals surface area (Å²) in [5.74, 6) is 2.82. The number of allylic oxidation sites excluding steroid dienone is 2. The fourth-order valence-electron chi connectivity index (χ4n) is 3.97. The van der Waals surface area contributed by atoms with Gasteiger partial charge in [0.1, 0.15) is 12.6 Å². The van der Waals surface area contributed by atoms with Crippen LogP contribution in [0.15, 0.2) is 63.4 Å². The Morgan fingerprint density at radius 3 is 2.60 bits per heavy atom. The van der Waals surface area contributed by atoms with Crippen molar-refractivity contribution in [3.05, 3.63) is 69.3 Å². The van der Waals surface area contributed by atoms with Crippen molar-refractivity contribution in [3.63, 3.8) is 0 Å². The Hall–Kier alpha value is -2.78. The molecule has 3 aromatic rings. The van der Waals surface area contributed by atoms with Crippen LogP contribution in [0.5, 0.6) is 11.5 Å². The summed E-state index contributed by atoms with van der Waals surface area (Å²) in [5.41, 5.74) is 3.37. The molecule has 184 valence electrons. The van der Waals surface area contributed by atoms with E-state index >= 15 is 0 Å². The van der Waals surface area contributed by atoms with Crippen LogP contribution in [-0.2, 0) is 11.4 Å². The quantitative estimate of drug-likeness (QED) is 0.289. The summed E-state index contributed by atoms with van der Waals surface area (Å²) in [6, 6.07) is 13.4. The summed E-state index contributed by atoms with van der Waals surface area (Å²) in [5, 5.41) is 8.69. The van der Waals surface area contributed by atoms with Gasteiger partial charge in [-0.15, -0.1) is 5.10 Å². The highest BCUT2D eigenvalue weighted by Gasteiger charge is 2.33. The normalized spacial score (nSPS) is 14.9. The molecule has 0 radical (unpaired) electrons. The van der Waals surface area contributed by atoms with Crippen LogP contribution in [0.1, 0.15) is 51.3 Å². The van der Waals surface area contributed by atoms with Gasteiger partial charge in [0.2, 0.25) is 11.1 Å². The minimum absolute atomic E-state index is 0.0163. The molecule has 4 rings (SSSR count). The lowest BCUT2D eigenvalue weighted by Gasteiger charge is -2.28. The molecule has 0 bridgehead atoms. The Bertz CT molecular complexity index is 1240. The first-order chi connectivity index (χ1) is 16.9. The molecule has 0 amide bonds. The lowest BCUT2D eigenvalue weighted by molar-refractivity contribution is -0.114. The Kier molecular flexibility index (Phi) is 8.18. The Morgan fingerprint density at radius 1 is 1.14 bits per heavy atom. The second-order valence-corrected chi connectivity index (χ2v) is 10.2. The molecular weight excluding hydrogens is 528 g/mol. The van der Waals surface area contributed by atoms with E-state index in [1.54, 1.807) is 23.4 Å². The number of benzene rings is 2. The third-order valence-corrected chi connectivity index (χ3v) is 7.11. The van der Waals surface area contributed by atoms with Crippen LogP contribution in [0.2, 0.25) is 0 Å². The zero-order chi connectivity index (χ0) is 24.9. The molecule has 0 saturated carbocycles. The molecule has 1 atom stereocenters. The van der Waals surface area contributed by atoms with Gasteiger partial charge >= 0.3 is 0 Å². The molecule has 0 saturated heterocycles. The molecule has 9 heteroatoms. The average molecular weight is 558 g/mol. The van der Waals surface area contributed by atoms with Gasteiger partial charge in [0.15, 0.2) is 17.3 Å². The summed E-state index contributed by atoms with van der Waals surface area (Å²) in [6.45, 7) is 8.46. The summed E-state index contributed by atoms with van der Waals surface area (Å²) in [6.07, 6.45) is 1.03. The SMILES string of the molecule is CCCSc1nc2n(n1)C(c1ccc(OCc3ccc(Br)cc3)c(OCC)c1)C(C(C)=O)=C(C)N2. The number of hydrogen-bond donors (Lipinski definition) is 1. The Labute approximate surface area is 218 Å². The first-order valence-corrected chi connectivity index (χ1v) is 13.4. The number of halogens is 1. The molecule has 2 heterocycles. The fourth-order valence-corrected chi connectivity index (χ4v) is 4.92. The lowest BCUT2D eigenvalue weighted by atomic mass is 9.93. The average Bonchev–Trinajstić information content (AvgIpc) is 3.24. The second-order valence-electron chi connectivity index (χ2n) is 8.19. The van der Waals surface area contributed by atoms with E-state index in [1.807, 2.05) is 56.3 Å². The number of ether oxygens (including phenoxy) is 2. The van der Waals surface area contributed by atoms with Gasteiger partial charge in [-0.05, 0) is 62.6 Å². The van der Waals surface area contributed by atoms with Crippen LogP contribution in [0.3, 0.4) is 0 Å². The second kappa shape index (κ2) is 11.3. The lowest BCUT2D eigenvalue weighted by Crippen LogP contribution is -2.27. The summed E-state index contributed by atoms with van der Waals surface area (Å²) in [7, 11) is 0. The number of anilines is 1. The van der Waals surface area contributed by atoms with Crippen LogP contribution in [0.25, 0.3) is 0 Å². The molecule has 1 unspecified atom stereocenters. The number of carbonyl (C=O) groups is 1. The van der Waals surface area contributed by atoms with Gasteiger partial charge in [-0.2, -0.15) is 4.98 Å². The zero-order valence-electron chi connectivity index (χ0n) is 20.3. The first-order valence-electron chi connectivity index (χ1n) is 11.6.